The minimum Gasteiger partial charge on any atom is -0.464 e. The summed E-state index contributed by atoms with van der Waals surface area (Å²) >= 11 is 1.52. The van der Waals surface area contributed by atoms with E-state index in [2.05, 4.69) is 10.6 Å². The molecule has 3 rings (SSSR count). The second-order valence-corrected chi connectivity index (χ2v) is 7.35. The molecule has 25 heavy (non-hydrogen) atoms. The van der Waals surface area contributed by atoms with Gasteiger partial charge in [-0.15, -0.1) is 11.3 Å². The van der Waals surface area contributed by atoms with E-state index in [1.54, 1.807) is 19.1 Å². The van der Waals surface area contributed by atoms with Crippen molar-refractivity contribution in [3.8, 4) is 0 Å². The molecule has 0 saturated heterocycles. The van der Waals surface area contributed by atoms with Gasteiger partial charge in [-0.05, 0) is 56.4 Å². The van der Waals surface area contributed by atoms with Crippen LogP contribution in [0.15, 0.2) is 22.6 Å². The zero-order valence-corrected chi connectivity index (χ0v) is 14.9. The molecule has 3 N–H and O–H groups in total. The van der Waals surface area contributed by atoms with Crippen molar-refractivity contribution in [2.24, 2.45) is 0 Å². The Hall–Kier alpha value is -2.12. The second-order valence-electron chi connectivity index (χ2n) is 6.22. The van der Waals surface area contributed by atoms with E-state index in [9.17, 15) is 14.7 Å². The SMILES string of the molecule is Cc1ccc([C@@H](O)CNC(=O)CNC(=O)c2cc3c(s2)CCCC3)o1. The molecule has 1 aliphatic rings. The highest BCUT2D eigenvalue weighted by molar-refractivity contribution is 7.14. The van der Waals surface area contributed by atoms with Crippen molar-refractivity contribution < 1.29 is 19.1 Å². The maximum Gasteiger partial charge on any atom is 0.261 e. The summed E-state index contributed by atoms with van der Waals surface area (Å²) in [4.78, 5) is 26.0. The molecule has 0 aliphatic heterocycles. The van der Waals surface area contributed by atoms with Crippen molar-refractivity contribution in [1.82, 2.24) is 10.6 Å². The highest BCUT2D eigenvalue weighted by atomic mass is 32.1. The molecule has 134 valence electrons. The molecular formula is C18H22N2O4S. The smallest absolute Gasteiger partial charge is 0.261 e. The standard InChI is InChI=1S/C18H22N2O4S/c1-11-6-7-14(24-11)13(21)9-19-17(22)10-20-18(23)16-8-12-4-2-3-5-15(12)25-16/h6-8,13,21H,2-5,9-10H2,1H3,(H,19,22)(H,20,23)/t13-/m0/s1. The number of carbonyl (C=O) groups is 2. The second kappa shape index (κ2) is 7.84. The third kappa shape index (κ3) is 4.49. The summed E-state index contributed by atoms with van der Waals surface area (Å²) in [7, 11) is 0. The van der Waals surface area contributed by atoms with Crippen molar-refractivity contribution in [3.05, 3.63) is 45.0 Å². The van der Waals surface area contributed by atoms with Crippen LogP contribution in [0.3, 0.4) is 0 Å². The van der Waals surface area contributed by atoms with E-state index in [4.69, 9.17) is 4.42 Å². The zero-order valence-electron chi connectivity index (χ0n) is 14.1. The first-order chi connectivity index (χ1) is 12.0. The number of carbonyl (C=O) groups excluding carboxylic acids is 2. The lowest BCUT2D eigenvalue weighted by atomic mass is 9.99. The maximum atomic E-state index is 12.2. The van der Waals surface area contributed by atoms with E-state index < -0.39 is 6.10 Å². The Morgan fingerprint density at radius 3 is 2.80 bits per heavy atom. The van der Waals surface area contributed by atoms with Gasteiger partial charge in [-0.1, -0.05) is 0 Å². The van der Waals surface area contributed by atoms with Crippen LogP contribution in [-0.2, 0) is 17.6 Å². The van der Waals surface area contributed by atoms with Gasteiger partial charge < -0.3 is 20.2 Å². The summed E-state index contributed by atoms with van der Waals surface area (Å²) in [6.45, 7) is 1.70. The summed E-state index contributed by atoms with van der Waals surface area (Å²) in [6.07, 6.45) is 3.51. The molecule has 2 amide bonds. The van der Waals surface area contributed by atoms with E-state index in [0.717, 1.165) is 12.8 Å². The average Bonchev–Trinajstić information content (AvgIpc) is 3.23. The van der Waals surface area contributed by atoms with Crippen molar-refractivity contribution in [2.75, 3.05) is 13.1 Å². The molecule has 2 aromatic heterocycles. The van der Waals surface area contributed by atoms with E-state index in [1.807, 2.05) is 6.07 Å². The molecule has 0 radical (unpaired) electrons. The number of hydrogen-bond acceptors (Lipinski definition) is 5. The molecule has 0 fully saturated rings. The van der Waals surface area contributed by atoms with Crippen molar-refractivity contribution >= 4 is 23.2 Å². The first-order valence-electron chi connectivity index (χ1n) is 8.44. The van der Waals surface area contributed by atoms with E-state index in [0.29, 0.717) is 16.4 Å². The first kappa shape index (κ1) is 17.7. The normalized spacial score (nSPS) is 14.6. The van der Waals surface area contributed by atoms with Gasteiger partial charge in [0.05, 0.1) is 18.0 Å². The number of aliphatic hydroxyl groups excluding tert-OH is 1. The van der Waals surface area contributed by atoms with Gasteiger partial charge in [0, 0.05) is 4.88 Å². The van der Waals surface area contributed by atoms with Crippen LogP contribution in [0.25, 0.3) is 0 Å². The van der Waals surface area contributed by atoms with Crippen molar-refractivity contribution in [3.63, 3.8) is 0 Å². The Kier molecular flexibility index (Phi) is 5.55. The fourth-order valence-corrected chi connectivity index (χ4v) is 4.03. The van der Waals surface area contributed by atoms with Gasteiger partial charge in [0.15, 0.2) is 0 Å². The van der Waals surface area contributed by atoms with Crippen LogP contribution in [0.4, 0.5) is 0 Å². The van der Waals surface area contributed by atoms with Gasteiger partial charge in [0.25, 0.3) is 5.91 Å². The molecule has 1 aliphatic carbocycles. The van der Waals surface area contributed by atoms with Crippen molar-refractivity contribution in [1.29, 1.82) is 0 Å². The summed E-state index contributed by atoms with van der Waals surface area (Å²) in [5, 5.41) is 15.2. The summed E-state index contributed by atoms with van der Waals surface area (Å²) < 4.78 is 5.30. The minimum absolute atomic E-state index is 0.0367. The number of thiophene rings is 1. The Morgan fingerprint density at radius 2 is 2.08 bits per heavy atom. The van der Waals surface area contributed by atoms with Crippen LogP contribution in [-0.4, -0.2) is 30.0 Å². The van der Waals surface area contributed by atoms with Crippen LogP contribution in [0.5, 0.6) is 0 Å². The van der Waals surface area contributed by atoms with Gasteiger partial charge in [-0.3, -0.25) is 9.59 Å². The Morgan fingerprint density at radius 1 is 1.28 bits per heavy atom. The molecule has 2 aromatic rings. The number of hydrogen-bond donors (Lipinski definition) is 3. The van der Waals surface area contributed by atoms with Crippen LogP contribution in [0, 0.1) is 6.92 Å². The Labute approximate surface area is 150 Å². The predicted molar refractivity (Wildman–Crippen MR) is 94.7 cm³/mol. The molecule has 0 unspecified atom stereocenters. The highest BCUT2D eigenvalue weighted by Gasteiger charge is 2.18. The maximum absolute atomic E-state index is 12.2. The summed E-state index contributed by atoms with van der Waals surface area (Å²) in [6, 6.07) is 5.36. The third-order valence-electron chi connectivity index (χ3n) is 4.21. The van der Waals surface area contributed by atoms with E-state index >= 15 is 0 Å². The Balaban J connectivity index is 1.44. The average molecular weight is 362 g/mol. The first-order valence-corrected chi connectivity index (χ1v) is 9.25. The number of fused-ring (bicyclic) bond motifs is 1. The molecular weight excluding hydrogens is 340 g/mol. The lowest BCUT2D eigenvalue weighted by Crippen LogP contribution is -2.38. The number of nitrogens with one attached hydrogen (secondary N) is 2. The van der Waals surface area contributed by atoms with Gasteiger partial charge >= 0.3 is 0 Å². The monoisotopic (exact) mass is 362 g/mol. The van der Waals surface area contributed by atoms with Gasteiger partial charge in [0.2, 0.25) is 5.91 Å². The van der Waals surface area contributed by atoms with Crippen molar-refractivity contribution in [2.45, 2.75) is 38.7 Å². The molecule has 6 nitrogen and oxygen atoms in total. The highest BCUT2D eigenvalue weighted by Crippen LogP contribution is 2.29. The lowest BCUT2D eigenvalue weighted by molar-refractivity contribution is -0.120. The molecule has 0 saturated carbocycles. The number of rotatable bonds is 6. The van der Waals surface area contributed by atoms with E-state index in [-0.39, 0.29) is 24.9 Å². The quantitative estimate of drug-likeness (QED) is 0.734. The van der Waals surface area contributed by atoms with Crippen LogP contribution in [0.2, 0.25) is 0 Å². The molecule has 0 bridgehead atoms. The van der Waals surface area contributed by atoms with Gasteiger partial charge in [-0.2, -0.15) is 0 Å². The minimum atomic E-state index is -0.905. The lowest BCUT2D eigenvalue weighted by Gasteiger charge is -2.10. The predicted octanol–water partition coefficient (Wildman–Crippen LogP) is 2.11. The Bertz CT molecular complexity index is 741. The number of aliphatic hydroxyl groups is 1. The van der Waals surface area contributed by atoms with E-state index in [1.165, 1.54) is 34.6 Å². The molecule has 0 spiro atoms. The number of amides is 2. The molecule has 0 aromatic carbocycles. The van der Waals surface area contributed by atoms with Crippen LogP contribution < -0.4 is 10.6 Å². The zero-order chi connectivity index (χ0) is 17.8. The number of aryl methyl sites for hydroxylation is 3. The topological polar surface area (TPSA) is 91.6 Å². The molecule has 7 heteroatoms. The molecule has 2 heterocycles. The van der Waals surface area contributed by atoms with Crippen LogP contribution >= 0.6 is 11.3 Å². The fraction of sp³-hybridized carbons (Fsp3) is 0.444. The van der Waals surface area contributed by atoms with Gasteiger partial charge in [0.1, 0.15) is 17.6 Å². The summed E-state index contributed by atoms with van der Waals surface area (Å²) in [5.74, 6) is 0.533. The van der Waals surface area contributed by atoms with Crippen LogP contribution in [0.1, 0.15) is 50.6 Å². The molecule has 1 atom stereocenters. The summed E-state index contributed by atoms with van der Waals surface area (Å²) in [5.41, 5.74) is 1.27. The fourth-order valence-electron chi connectivity index (χ4n) is 2.86. The van der Waals surface area contributed by atoms with Gasteiger partial charge in [-0.25, -0.2) is 0 Å². The largest absolute Gasteiger partial charge is 0.464 e. The number of furan rings is 1. The third-order valence-corrected chi connectivity index (χ3v) is 5.45.